The van der Waals surface area contributed by atoms with Gasteiger partial charge in [0.1, 0.15) is 29.9 Å². The van der Waals surface area contributed by atoms with E-state index in [1.807, 2.05) is 30.3 Å². The Morgan fingerprint density at radius 3 is 2.52 bits per heavy atom. The largest absolute Gasteiger partial charge is 0.394 e. The third-order valence-electron chi connectivity index (χ3n) is 3.71. The van der Waals surface area contributed by atoms with E-state index in [1.165, 1.54) is 0 Å². The summed E-state index contributed by atoms with van der Waals surface area (Å²) >= 11 is 1.09. The Hall–Kier alpha value is -1.42. The molecule has 5 atom stereocenters. The van der Waals surface area contributed by atoms with Crippen LogP contribution in [0.4, 0.5) is 0 Å². The zero-order valence-electron chi connectivity index (χ0n) is 12.1. The summed E-state index contributed by atoms with van der Waals surface area (Å²) < 4.78 is 5.44. The van der Waals surface area contributed by atoms with E-state index in [0.29, 0.717) is 5.16 Å². The molecule has 2 heterocycles. The average Bonchev–Trinajstić information content (AvgIpc) is 3.05. The highest BCUT2D eigenvalue weighted by Crippen LogP contribution is 2.32. The van der Waals surface area contributed by atoms with E-state index in [0.717, 1.165) is 23.0 Å². The van der Waals surface area contributed by atoms with Crippen molar-refractivity contribution in [2.24, 2.45) is 0 Å². The molecular formula is C15H18N2O5S. The van der Waals surface area contributed by atoms with Gasteiger partial charge < -0.3 is 30.1 Å². The van der Waals surface area contributed by atoms with Crippen molar-refractivity contribution in [1.82, 2.24) is 9.97 Å². The zero-order valence-corrected chi connectivity index (χ0v) is 12.9. The Bertz CT molecular complexity index is 636. The second kappa shape index (κ2) is 7.00. The van der Waals surface area contributed by atoms with Crippen molar-refractivity contribution >= 4 is 11.8 Å². The van der Waals surface area contributed by atoms with Crippen LogP contribution in [-0.2, 0) is 4.74 Å². The van der Waals surface area contributed by atoms with Gasteiger partial charge in [-0.2, -0.15) is 0 Å². The lowest BCUT2D eigenvalue weighted by Gasteiger charge is -2.39. The minimum Gasteiger partial charge on any atom is -0.394 e. The van der Waals surface area contributed by atoms with E-state index in [9.17, 15) is 20.4 Å². The molecule has 0 radical (unpaired) electrons. The molecule has 0 aliphatic carbocycles. The molecule has 1 saturated heterocycles. The Kier molecular flexibility index (Phi) is 5.00. The van der Waals surface area contributed by atoms with Gasteiger partial charge >= 0.3 is 0 Å². The van der Waals surface area contributed by atoms with Crippen LogP contribution in [0, 0.1) is 0 Å². The molecular weight excluding hydrogens is 320 g/mol. The third kappa shape index (κ3) is 3.42. The molecule has 0 amide bonds. The second-order valence-corrected chi connectivity index (χ2v) is 6.37. The number of H-pyrrole nitrogens is 1. The van der Waals surface area contributed by atoms with Crippen LogP contribution in [-0.4, -0.2) is 66.9 Å². The molecule has 0 unspecified atom stereocenters. The van der Waals surface area contributed by atoms with Gasteiger partial charge in [0, 0.05) is 0 Å². The molecule has 0 spiro atoms. The highest BCUT2D eigenvalue weighted by atomic mass is 32.2. The van der Waals surface area contributed by atoms with Gasteiger partial charge in [-0.25, -0.2) is 4.98 Å². The summed E-state index contributed by atoms with van der Waals surface area (Å²) in [7, 11) is 0. The van der Waals surface area contributed by atoms with Crippen LogP contribution in [0.25, 0.3) is 11.3 Å². The van der Waals surface area contributed by atoms with Crippen molar-refractivity contribution in [1.29, 1.82) is 0 Å². The van der Waals surface area contributed by atoms with Gasteiger partial charge in [0.15, 0.2) is 5.16 Å². The fourth-order valence-electron chi connectivity index (χ4n) is 2.40. The van der Waals surface area contributed by atoms with Gasteiger partial charge in [0.05, 0.1) is 18.5 Å². The van der Waals surface area contributed by atoms with Crippen molar-refractivity contribution in [3.63, 3.8) is 0 Å². The first-order valence-corrected chi connectivity index (χ1v) is 8.05. The van der Waals surface area contributed by atoms with E-state index in [1.54, 1.807) is 6.20 Å². The number of nitrogens with one attached hydrogen (secondary N) is 1. The predicted octanol–water partition coefficient (Wildman–Crippen LogP) is -0.0313. The predicted molar refractivity (Wildman–Crippen MR) is 83.6 cm³/mol. The first-order valence-electron chi connectivity index (χ1n) is 7.17. The minimum absolute atomic E-state index is 0.449. The fourth-order valence-corrected chi connectivity index (χ4v) is 3.40. The molecule has 8 heteroatoms. The summed E-state index contributed by atoms with van der Waals surface area (Å²) in [5, 5.41) is 39.3. The maximum absolute atomic E-state index is 10.0. The van der Waals surface area contributed by atoms with E-state index >= 15 is 0 Å². The second-order valence-electron chi connectivity index (χ2n) is 5.28. The lowest BCUT2D eigenvalue weighted by atomic mass is 10.0. The van der Waals surface area contributed by atoms with E-state index in [2.05, 4.69) is 9.97 Å². The molecule has 1 aromatic heterocycles. The SMILES string of the molecule is OC[C@H]1O[C@@H](Sc2ncc(-c3ccccc3)[nH]2)[C@H](O)[C@@H](O)[C@@H]1O. The van der Waals surface area contributed by atoms with Crippen LogP contribution in [0.2, 0.25) is 0 Å². The zero-order chi connectivity index (χ0) is 16.4. The molecule has 0 saturated carbocycles. The summed E-state index contributed by atoms with van der Waals surface area (Å²) in [5.74, 6) is 0. The number of aromatic nitrogens is 2. The molecule has 0 bridgehead atoms. The number of thioether (sulfide) groups is 1. The van der Waals surface area contributed by atoms with Crippen molar-refractivity contribution in [3.05, 3.63) is 36.5 Å². The fraction of sp³-hybridized carbons (Fsp3) is 0.400. The molecule has 1 aromatic carbocycles. The number of aliphatic hydroxyl groups is 4. The number of aromatic amines is 1. The number of nitrogens with zero attached hydrogens (tertiary/aromatic N) is 1. The topological polar surface area (TPSA) is 119 Å². The normalized spacial score (nSPS) is 31.2. The number of ether oxygens (including phenoxy) is 1. The summed E-state index contributed by atoms with van der Waals surface area (Å²) in [5.41, 5.74) is 0.943. The van der Waals surface area contributed by atoms with Crippen LogP contribution < -0.4 is 0 Å². The van der Waals surface area contributed by atoms with E-state index in [4.69, 9.17) is 4.74 Å². The molecule has 1 aliphatic heterocycles. The average molecular weight is 338 g/mol. The Balaban J connectivity index is 1.73. The van der Waals surface area contributed by atoms with Crippen LogP contribution >= 0.6 is 11.8 Å². The molecule has 124 valence electrons. The highest BCUT2D eigenvalue weighted by molar-refractivity contribution is 7.99. The standard InChI is InChI=1S/C15H18N2O5S/c18-7-10-11(19)12(20)13(21)14(22-10)23-15-16-6-9(17-15)8-4-2-1-3-5-8/h1-6,10-14,18-21H,7H2,(H,16,17)/t10-,11-,12+,13-,14+/m1/s1. The molecule has 2 aromatic rings. The van der Waals surface area contributed by atoms with Gasteiger partial charge in [0.2, 0.25) is 0 Å². The van der Waals surface area contributed by atoms with Gasteiger partial charge in [-0.05, 0) is 5.56 Å². The van der Waals surface area contributed by atoms with Gasteiger partial charge in [-0.1, -0.05) is 42.1 Å². The summed E-state index contributed by atoms with van der Waals surface area (Å²) in [4.78, 5) is 7.34. The van der Waals surface area contributed by atoms with E-state index in [-0.39, 0.29) is 0 Å². The maximum atomic E-state index is 10.0. The van der Waals surface area contributed by atoms with Crippen LogP contribution in [0.5, 0.6) is 0 Å². The number of imidazole rings is 1. The first kappa shape index (κ1) is 16.4. The Morgan fingerprint density at radius 2 is 1.83 bits per heavy atom. The molecule has 5 N–H and O–H groups in total. The molecule has 1 aliphatic rings. The van der Waals surface area contributed by atoms with Gasteiger partial charge in [-0.3, -0.25) is 0 Å². The van der Waals surface area contributed by atoms with Crippen LogP contribution in [0.1, 0.15) is 0 Å². The van der Waals surface area contributed by atoms with Gasteiger partial charge in [-0.15, -0.1) is 0 Å². The lowest BCUT2D eigenvalue weighted by molar-refractivity contribution is -0.205. The maximum Gasteiger partial charge on any atom is 0.168 e. The van der Waals surface area contributed by atoms with Crippen molar-refractivity contribution < 1.29 is 25.2 Å². The molecule has 7 nitrogen and oxygen atoms in total. The quantitative estimate of drug-likeness (QED) is 0.531. The van der Waals surface area contributed by atoms with Crippen LogP contribution in [0.3, 0.4) is 0 Å². The molecule has 23 heavy (non-hydrogen) atoms. The smallest absolute Gasteiger partial charge is 0.168 e. The number of benzene rings is 1. The number of hydrogen-bond donors (Lipinski definition) is 5. The van der Waals surface area contributed by atoms with Crippen molar-refractivity contribution in [3.8, 4) is 11.3 Å². The van der Waals surface area contributed by atoms with E-state index < -0.39 is 36.5 Å². The summed E-state index contributed by atoms with van der Waals surface area (Å²) in [6, 6.07) is 9.64. The Labute approximate surface area is 137 Å². The molecule has 3 rings (SSSR count). The van der Waals surface area contributed by atoms with Crippen molar-refractivity contribution in [2.45, 2.75) is 35.0 Å². The third-order valence-corrected chi connectivity index (χ3v) is 4.77. The minimum atomic E-state index is -1.39. The van der Waals surface area contributed by atoms with Crippen LogP contribution in [0.15, 0.2) is 41.7 Å². The summed E-state index contributed by atoms with van der Waals surface area (Å²) in [6.07, 6.45) is -3.29. The van der Waals surface area contributed by atoms with Crippen molar-refractivity contribution in [2.75, 3.05) is 6.61 Å². The molecule has 1 fully saturated rings. The lowest BCUT2D eigenvalue weighted by Crippen LogP contribution is -2.57. The monoisotopic (exact) mass is 338 g/mol. The number of aliphatic hydroxyl groups excluding tert-OH is 4. The highest BCUT2D eigenvalue weighted by Gasteiger charge is 2.44. The number of hydrogen-bond acceptors (Lipinski definition) is 7. The first-order chi connectivity index (χ1) is 11.1. The Morgan fingerprint density at radius 1 is 1.09 bits per heavy atom. The number of rotatable bonds is 4. The van der Waals surface area contributed by atoms with Gasteiger partial charge in [0.25, 0.3) is 0 Å². The summed E-state index contributed by atoms with van der Waals surface area (Å²) in [6.45, 7) is -0.449.